The monoisotopic (exact) mass is 350 g/mol. The van der Waals surface area contributed by atoms with Crippen LogP contribution in [0.5, 0.6) is 0 Å². The number of quaternary nitrogens is 1. The van der Waals surface area contributed by atoms with Crippen LogP contribution in [0.15, 0.2) is 96.1 Å². The molecule has 25 heavy (non-hydrogen) atoms. The van der Waals surface area contributed by atoms with Crippen LogP contribution in [0.25, 0.3) is 0 Å². The van der Waals surface area contributed by atoms with E-state index < -0.39 is 0 Å². The molecule has 0 fully saturated rings. The predicted molar refractivity (Wildman–Crippen MR) is 98.4 cm³/mol. The molecule has 1 atom stereocenters. The fourth-order valence-corrected chi connectivity index (χ4v) is 2.80. The van der Waals surface area contributed by atoms with Crippen molar-refractivity contribution in [1.82, 2.24) is 0 Å². The summed E-state index contributed by atoms with van der Waals surface area (Å²) in [5.41, 5.74) is 3.32. The van der Waals surface area contributed by atoms with E-state index in [9.17, 15) is 0 Å². The van der Waals surface area contributed by atoms with Crippen molar-refractivity contribution >= 4 is 23.0 Å². The number of anilines is 2. The van der Waals surface area contributed by atoms with Crippen molar-refractivity contribution in [2.45, 2.75) is 0 Å². The molecule has 0 spiro atoms. The third kappa shape index (κ3) is 3.82. The second-order valence-electron chi connectivity index (χ2n) is 5.66. The second-order valence-corrected chi connectivity index (χ2v) is 5.66. The second kappa shape index (κ2) is 7.83. The Kier molecular flexibility index (Phi) is 5.33. The smallest absolute Gasteiger partial charge is 0.266 e. The molecule has 126 valence electrons. The predicted octanol–water partition coefficient (Wildman–Crippen LogP) is 0.0678. The zero-order valence-corrected chi connectivity index (χ0v) is 14.4. The Hall–Kier alpha value is -2.82. The lowest BCUT2D eigenvalue weighted by Crippen LogP contribution is -3.02. The molecule has 3 aromatic carbocycles. The molecular weight excluding hydrogens is 332 g/mol. The van der Waals surface area contributed by atoms with E-state index >= 15 is 0 Å². The molecule has 0 aliphatic carbocycles. The first kappa shape index (κ1) is 17.0. The first-order valence-electron chi connectivity index (χ1n) is 8.05. The maximum Gasteiger partial charge on any atom is 0.266 e. The van der Waals surface area contributed by atoms with Crippen molar-refractivity contribution in [2.75, 3.05) is 16.9 Å². The van der Waals surface area contributed by atoms with Crippen LogP contribution >= 0.6 is 0 Å². The third-order valence-corrected chi connectivity index (χ3v) is 4.01. The van der Waals surface area contributed by atoms with Crippen molar-refractivity contribution in [3.63, 3.8) is 0 Å². The lowest BCUT2D eigenvalue weighted by atomic mass is 10.3. The van der Waals surface area contributed by atoms with Gasteiger partial charge in [0.25, 0.3) is 5.96 Å². The molecule has 0 amide bonds. The van der Waals surface area contributed by atoms with E-state index in [2.05, 4.69) is 46.6 Å². The fourth-order valence-electron chi connectivity index (χ4n) is 2.80. The van der Waals surface area contributed by atoms with Crippen LogP contribution in [0, 0.1) is 0 Å². The summed E-state index contributed by atoms with van der Waals surface area (Å²) >= 11 is 0. The first-order valence-corrected chi connectivity index (χ1v) is 8.05. The van der Waals surface area contributed by atoms with Gasteiger partial charge in [-0.25, -0.2) is 0 Å². The summed E-state index contributed by atoms with van der Waals surface area (Å²) in [6, 6.07) is 30.8. The van der Waals surface area contributed by atoms with Gasteiger partial charge in [0.05, 0.1) is 0 Å². The summed E-state index contributed by atoms with van der Waals surface area (Å²) in [6.07, 6.45) is 0. The highest BCUT2D eigenvalue weighted by atomic mass is 35.5. The van der Waals surface area contributed by atoms with Crippen molar-refractivity contribution < 1.29 is 17.4 Å². The molecule has 1 unspecified atom stereocenters. The van der Waals surface area contributed by atoms with Gasteiger partial charge in [-0.15, -0.1) is 0 Å². The quantitative estimate of drug-likeness (QED) is 0.700. The Morgan fingerprint density at radius 3 is 1.96 bits per heavy atom. The summed E-state index contributed by atoms with van der Waals surface area (Å²) in [5, 5.41) is 9.37. The van der Waals surface area contributed by atoms with E-state index in [0.29, 0.717) is 0 Å². The minimum absolute atomic E-state index is 0. The third-order valence-electron chi connectivity index (χ3n) is 4.01. The van der Waals surface area contributed by atoms with Crippen molar-refractivity contribution in [2.24, 2.45) is 5.10 Å². The number of guanidine groups is 1. The number of nitrogens with zero attached hydrogens (tertiary/aromatic N) is 2. The number of benzene rings is 3. The van der Waals surface area contributed by atoms with Crippen LogP contribution in [-0.2, 0) is 0 Å². The molecule has 1 heterocycles. The van der Waals surface area contributed by atoms with Gasteiger partial charge in [-0.3, -0.25) is 4.90 Å². The molecule has 0 radical (unpaired) electrons. The highest BCUT2D eigenvalue weighted by Crippen LogP contribution is 2.17. The van der Waals surface area contributed by atoms with Crippen LogP contribution in [-0.4, -0.2) is 12.6 Å². The highest BCUT2D eigenvalue weighted by molar-refractivity contribution is 6.05. The van der Waals surface area contributed by atoms with E-state index in [1.165, 1.54) is 0 Å². The van der Waals surface area contributed by atoms with Gasteiger partial charge in [0.2, 0.25) is 0 Å². The van der Waals surface area contributed by atoms with Gasteiger partial charge in [-0.05, 0) is 29.4 Å². The summed E-state index contributed by atoms with van der Waals surface area (Å²) in [4.78, 5) is 2.20. The van der Waals surface area contributed by atoms with Gasteiger partial charge >= 0.3 is 0 Å². The van der Waals surface area contributed by atoms with Crippen molar-refractivity contribution in [3.8, 4) is 0 Å². The normalized spacial score (nSPS) is 16.1. The molecule has 1 aliphatic heterocycles. The Morgan fingerprint density at radius 1 is 0.760 bits per heavy atom. The zero-order chi connectivity index (χ0) is 16.2. The molecule has 0 saturated heterocycles. The van der Waals surface area contributed by atoms with Gasteiger partial charge in [0.15, 0.2) is 12.4 Å². The Bertz CT molecular complexity index is 822. The zero-order valence-electron chi connectivity index (χ0n) is 13.6. The highest BCUT2D eigenvalue weighted by Gasteiger charge is 2.30. The van der Waals surface area contributed by atoms with Gasteiger partial charge in [0.1, 0.15) is 0 Å². The molecule has 0 bridgehead atoms. The maximum absolute atomic E-state index is 4.86. The molecule has 1 aliphatic rings. The van der Waals surface area contributed by atoms with Gasteiger partial charge < -0.3 is 17.7 Å². The SMILES string of the molecule is [Cl-].c1ccc(NC2=N[NH+](c3ccccc3)CN2c2ccccc2)cc1. The van der Waals surface area contributed by atoms with E-state index in [-0.39, 0.29) is 12.4 Å². The summed E-state index contributed by atoms with van der Waals surface area (Å²) in [6.45, 7) is 0.753. The molecule has 4 rings (SSSR count). The van der Waals surface area contributed by atoms with Crippen LogP contribution in [0.3, 0.4) is 0 Å². The number of hydrogen-bond acceptors (Lipinski definition) is 3. The average Bonchev–Trinajstić information content (AvgIpc) is 3.08. The largest absolute Gasteiger partial charge is 1.00 e. The number of rotatable bonds is 3. The number of nitrogens with one attached hydrogen (secondary N) is 2. The van der Waals surface area contributed by atoms with Crippen LogP contribution < -0.4 is 27.6 Å². The van der Waals surface area contributed by atoms with Gasteiger partial charge in [-0.1, -0.05) is 54.6 Å². The van der Waals surface area contributed by atoms with E-state index in [1.54, 1.807) is 0 Å². The van der Waals surface area contributed by atoms with E-state index in [4.69, 9.17) is 5.10 Å². The molecular formula is C20H19ClN4. The molecule has 3 aromatic rings. The number of hydrogen-bond donors (Lipinski definition) is 2. The number of para-hydroxylation sites is 3. The Labute approximate surface area is 153 Å². The summed E-state index contributed by atoms with van der Waals surface area (Å²) < 4.78 is 0. The lowest BCUT2D eigenvalue weighted by molar-refractivity contribution is -0.832. The Morgan fingerprint density at radius 2 is 1.32 bits per heavy atom. The molecule has 4 nitrogen and oxygen atoms in total. The summed E-state index contributed by atoms with van der Waals surface area (Å²) in [5.74, 6) is 0.853. The Balaban J connectivity index is 0.00000182. The van der Waals surface area contributed by atoms with Crippen LogP contribution in [0.4, 0.5) is 17.1 Å². The fraction of sp³-hybridized carbons (Fsp3) is 0.0500. The molecule has 2 N–H and O–H groups in total. The van der Waals surface area contributed by atoms with Gasteiger partial charge in [-0.2, -0.15) is 5.01 Å². The first-order chi connectivity index (χ1) is 11.9. The maximum atomic E-state index is 4.86. The minimum Gasteiger partial charge on any atom is -1.00 e. The topological polar surface area (TPSA) is 32.1 Å². The van der Waals surface area contributed by atoms with Crippen molar-refractivity contribution in [1.29, 1.82) is 0 Å². The molecule has 5 heteroatoms. The lowest BCUT2D eigenvalue weighted by Gasteiger charge is -2.18. The van der Waals surface area contributed by atoms with Gasteiger partial charge in [0, 0.05) is 23.5 Å². The standard InChI is InChI=1S/C20H18N4.ClH/c1-4-10-17(11-5-1)21-20-22-24(19-14-8-3-9-15-19)16-23(20)18-12-6-2-7-13-18;/h1-15H,16H2,(H,21,22);1H. The molecule has 0 saturated carbocycles. The van der Waals surface area contributed by atoms with Crippen LogP contribution in [0.1, 0.15) is 0 Å². The minimum atomic E-state index is 0. The summed E-state index contributed by atoms with van der Waals surface area (Å²) in [7, 11) is 0. The average molecular weight is 351 g/mol. The van der Waals surface area contributed by atoms with E-state index in [0.717, 1.165) is 34.7 Å². The van der Waals surface area contributed by atoms with Crippen molar-refractivity contribution in [3.05, 3.63) is 91.0 Å². The molecule has 0 aromatic heterocycles. The number of halogens is 1. The van der Waals surface area contributed by atoms with E-state index in [1.807, 2.05) is 54.6 Å². The van der Waals surface area contributed by atoms with Crippen LogP contribution in [0.2, 0.25) is 0 Å².